The Morgan fingerprint density at radius 2 is 1.85 bits per heavy atom. The number of carboxylic acids is 1. The molecule has 0 aliphatic carbocycles. The first-order valence-electron chi connectivity index (χ1n) is 8.36. The van der Waals surface area contributed by atoms with Gasteiger partial charge in [0.25, 0.3) is 0 Å². The highest BCUT2D eigenvalue weighted by Crippen LogP contribution is 2.26. The number of nitrogens with two attached hydrogens (primary N) is 1. The van der Waals surface area contributed by atoms with Crippen molar-refractivity contribution in [2.24, 2.45) is 5.73 Å². The SMILES string of the molecule is CCCNC(=O)Nc1cccc(-c2cccc(OC[C@H](N)C(=O)O)c2)c1. The van der Waals surface area contributed by atoms with Gasteiger partial charge >= 0.3 is 12.0 Å². The molecule has 1 atom stereocenters. The van der Waals surface area contributed by atoms with Crippen molar-refractivity contribution in [1.29, 1.82) is 0 Å². The number of carbonyl (C=O) groups excluding carboxylic acids is 1. The topological polar surface area (TPSA) is 114 Å². The Bertz CT molecular complexity index is 764. The summed E-state index contributed by atoms with van der Waals surface area (Å²) in [5.41, 5.74) is 7.89. The van der Waals surface area contributed by atoms with Crippen LogP contribution >= 0.6 is 0 Å². The molecule has 0 heterocycles. The standard InChI is InChI=1S/C19H23N3O4/c1-2-9-21-19(25)22-15-7-3-5-13(10-15)14-6-4-8-16(11-14)26-12-17(20)18(23)24/h3-8,10-11,17H,2,9,12,20H2,1H3,(H,23,24)(H2,21,22,25)/t17-/m0/s1. The second-order valence-corrected chi connectivity index (χ2v) is 5.75. The van der Waals surface area contributed by atoms with Gasteiger partial charge in [-0.2, -0.15) is 0 Å². The maximum Gasteiger partial charge on any atom is 0.324 e. The van der Waals surface area contributed by atoms with Crippen molar-refractivity contribution in [3.8, 4) is 16.9 Å². The minimum atomic E-state index is -1.11. The number of urea groups is 1. The highest BCUT2D eigenvalue weighted by atomic mass is 16.5. The van der Waals surface area contributed by atoms with E-state index in [0.717, 1.165) is 17.5 Å². The van der Waals surface area contributed by atoms with Crippen molar-refractivity contribution in [3.63, 3.8) is 0 Å². The fourth-order valence-corrected chi connectivity index (χ4v) is 2.21. The number of carboxylic acid groups (broad SMARTS) is 1. The van der Waals surface area contributed by atoms with Gasteiger partial charge in [-0.1, -0.05) is 31.2 Å². The van der Waals surface area contributed by atoms with Gasteiger partial charge in [0.1, 0.15) is 18.4 Å². The minimum Gasteiger partial charge on any atom is -0.491 e. The van der Waals surface area contributed by atoms with Gasteiger partial charge in [-0.15, -0.1) is 0 Å². The molecule has 2 rings (SSSR count). The second kappa shape index (κ2) is 9.43. The van der Waals surface area contributed by atoms with Crippen molar-refractivity contribution < 1.29 is 19.4 Å². The third kappa shape index (κ3) is 5.78. The number of aliphatic carboxylic acids is 1. The Labute approximate surface area is 152 Å². The third-order valence-electron chi connectivity index (χ3n) is 3.57. The highest BCUT2D eigenvalue weighted by Gasteiger charge is 2.12. The molecule has 0 unspecified atom stereocenters. The second-order valence-electron chi connectivity index (χ2n) is 5.75. The zero-order valence-corrected chi connectivity index (χ0v) is 14.6. The molecule has 0 bridgehead atoms. The lowest BCUT2D eigenvalue weighted by atomic mass is 10.0. The van der Waals surface area contributed by atoms with Crippen LogP contribution in [-0.4, -0.2) is 36.3 Å². The summed E-state index contributed by atoms with van der Waals surface area (Å²) in [7, 11) is 0. The average molecular weight is 357 g/mol. The molecule has 0 saturated carbocycles. The van der Waals surface area contributed by atoms with Crippen LogP contribution < -0.4 is 21.1 Å². The lowest BCUT2D eigenvalue weighted by Crippen LogP contribution is -2.36. The molecule has 0 aliphatic rings. The maximum atomic E-state index is 11.8. The van der Waals surface area contributed by atoms with E-state index in [2.05, 4.69) is 10.6 Å². The average Bonchev–Trinajstić information content (AvgIpc) is 2.64. The first kappa shape index (κ1) is 19.3. The number of rotatable bonds is 8. The van der Waals surface area contributed by atoms with Crippen LogP contribution in [0.1, 0.15) is 13.3 Å². The third-order valence-corrected chi connectivity index (χ3v) is 3.57. The Morgan fingerprint density at radius 3 is 2.54 bits per heavy atom. The van der Waals surface area contributed by atoms with E-state index in [1.165, 1.54) is 0 Å². The summed E-state index contributed by atoms with van der Waals surface area (Å²) in [6, 6.07) is 13.3. The van der Waals surface area contributed by atoms with Crippen LogP contribution in [0.5, 0.6) is 5.75 Å². The number of carbonyl (C=O) groups is 2. The zero-order chi connectivity index (χ0) is 18.9. The zero-order valence-electron chi connectivity index (χ0n) is 14.6. The Kier molecular flexibility index (Phi) is 6.99. The molecule has 7 heteroatoms. The van der Waals surface area contributed by atoms with E-state index in [1.807, 2.05) is 37.3 Å². The molecule has 26 heavy (non-hydrogen) atoms. The Morgan fingerprint density at radius 1 is 1.15 bits per heavy atom. The number of ether oxygens (including phenoxy) is 1. The van der Waals surface area contributed by atoms with Crippen molar-refractivity contribution in [2.45, 2.75) is 19.4 Å². The van der Waals surface area contributed by atoms with Gasteiger partial charge < -0.3 is 26.2 Å². The van der Waals surface area contributed by atoms with Crippen molar-refractivity contribution in [2.75, 3.05) is 18.5 Å². The molecule has 2 aromatic carbocycles. The number of amides is 2. The van der Waals surface area contributed by atoms with Crippen LogP contribution in [0, 0.1) is 0 Å². The molecule has 0 aromatic heterocycles. The van der Waals surface area contributed by atoms with Gasteiger partial charge in [-0.3, -0.25) is 4.79 Å². The molecule has 2 aromatic rings. The number of benzene rings is 2. The van der Waals surface area contributed by atoms with Gasteiger partial charge in [-0.25, -0.2) is 4.79 Å². The summed E-state index contributed by atoms with van der Waals surface area (Å²) < 4.78 is 5.44. The predicted molar refractivity (Wildman–Crippen MR) is 100 cm³/mol. The van der Waals surface area contributed by atoms with Gasteiger partial charge in [-0.05, 0) is 41.8 Å². The summed E-state index contributed by atoms with van der Waals surface area (Å²) in [6.07, 6.45) is 0.867. The van der Waals surface area contributed by atoms with Crippen LogP contribution in [0.3, 0.4) is 0 Å². The van der Waals surface area contributed by atoms with Crippen LogP contribution in [0.15, 0.2) is 48.5 Å². The van der Waals surface area contributed by atoms with E-state index in [0.29, 0.717) is 18.0 Å². The molecule has 5 N–H and O–H groups in total. The number of anilines is 1. The molecular weight excluding hydrogens is 334 g/mol. The quantitative estimate of drug-likeness (QED) is 0.580. The maximum absolute atomic E-state index is 11.8. The molecule has 0 radical (unpaired) electrons. The van der Waals surface area contributed by atoms with E-state index in [-0.39, 0.29) is 12.6 Å². The van der Waals surface area contributed by atoms with Crippen molar-refractivity contribution in [3.05, 3.63) is 48.5 Å². The smallest absolute Gasteiger partial charge is 0.324 e. The van der Waals surface area contributed by atoms with Crippen molar-refractivity contribution >= 4 is 17.7 Å². The largest absolute Gasteiger partial charge is 0.491 e. The summed E-state index contributed by atoms with van der Waals surface area (Å²) in [4.78, 5) is 22.5. The van der Waals surface area contributed by atoms with Crippen LogP contribution in [-0.2, 0) is 4.79 Å². The molecular formula is C19H23N3O4. The van der Waals surface area contributed by atoms with Gasteiger partial charge in [0, 0.05) is 12.2 Å². The summed E-state index contributed by atoms with van der Waals surface area (Å²) in [6.45, 7) is 2.49. The molecule has 7 nitrogen and oxygen atoms in total. The van der Waals surface area contributed by atoms with E-state index in [1.54, 1.807) is 18.2 Å². The van der Waals surface area contributed by atoms with Crippen LogP contribution in [0.2, 0.25) is 0 Å². The molecule has 0 spiro atoms. The first-order valence-corrected chi connectivity index (χ1v) is 8.36. The number of nitrogens with one attached hydrogen (secondary N) is 2. The molecule has 138 valence electrons. The van der Waals surface area contributed by atoms with Crippen LogP contribution in [0.4, 0.5) is 10.5 Å². The molecule has 0 aliphatic heterocycles. The number of hydrogen-bond donors (Lipinski definition) is 4. The van der Waals surface area contributed by atoms with Gasteiger partial charge in [0.05, 0.1) is 0 Å². The Balaban J connectivity index is 2.08. The normalized spacial score (nSPS) is 11.5. The molecule has 0 fully saturated rings. The molecule has 0 saturated heterocycles. The van der Waals surface area contributed by atoms with E-state index >= 15 is 0 Å². The van der Waals surface area contributed by atoms with Crippen molar-refractivity contribution in [1.82, 2.24) is 5.32 Å². The van der Waals surface area contributed by atoms with E-state index < -0.39 is 12.0 Å². The van der Waals surface area contributed by atoms with Gasteiger partial charge in [0.2, 0.25) is 0 Å². The monoisotopic (exact) mass is 357 g/mol. The lowest BCUT2D eigenvalue weighted by molar-refractivity contribution is -0.139. The van der Waals surface area contributed by atoms with Crippen LogP contribution in [0.25, 0.3) is 11.1 Å². The number of hydrogen-bond acceptors (Lipinski definition) is 4. The minimum absolute atomic E-state index is 0.113. The fourth-order valence-electron chi connectivity index (χ4n) is 2.21. The predicted octanol–water partition coefficient (Wildman–Crippen LogP) is 2.68. The summed E-state index contributed by atoms with van der Waals surface area (Å²) >= 11 is 0. The van der Waals surface area contributed by atoms with E-state index in [4.69, 9.17) is 15.6 Å². The highest BCUT2D eigenvalue weighted by molar-refractivity contribution is 5.90. The Hall–Kier alpha value is -3.06. The van der Waals surface area contributed by atoms with Gasteiger partial charge in [0.15, 0.2) is 0 Å². The molecule has 2 amide bonds. The first-order chi connectivity index (χ1) is 12.5. The lowest BCUT2D eigenvalue weighted by Gasteiger charge is -2.11. The summed E-state index contributed by atoms with van der Waals surface area (Å²) in [5, 5.41) is 14.4. The van der Waals surface area contributed by atoms with E-state index in [9.17, 15) is 9.59 Å². The fraction of sp³-hybridized carbons (Fsp3) is 0.263. The summed E-state index contributed by atoms with van der Waals surface area (Å²) in [5.74, 6) is -0.584.